The molecule has 0 N–H and O–H groups in total. The van der Waals surface area contributed by atoms with E-state index in [-0.39, 0.29) is 19.0 Å². The zero-order valence-electron chi connectivity index (χ0n) is 5.87. The molecule has 0 unspecified atom stereocenters. The van der Waals surface area contributed by atoms with Crippen LogP contribution in [0, 0.1) is 11.3 Å². The second-order valence-electron chi connectivity index (χ2n) is 2.45. The van der Waals surface area contributed by atoms with E-state index < -0.39 is 6.17 Å². The highest BCUT2D eigenvalue weighted by Gasteiger charge is 2.29. The fourth-order valence-electron chi connectivity index (χ4n) is 1.17. The van der Waals surface area contributed by atoms with Gasteiger partial charge in [-0.3, -0.25) is 0 Å². The smallest absolute Gasteiger partial charge is 0.121 e. The first-order valence-electron chi connectivity index (χ1n) is 3.34. The Morgan fingerprint density at radius 1 is 1.73 bits per heavy atom. The number of nitrogens with zero attached hydrogens (tertiary/aromatic N) is 2. The lowest BCUT2D eigenvalue weighted by Crippen LogP contribution is -2.21. The van der Waals surface area contributed by atoms with Gasteiger partial charge >= 0.3 is 0 Å². The van der Waals surface area contributed by atoms with E-state index in [1.54, 1.807) is 4.90 Å². The summed E-state index contributed by atoms with van der Waals surface area (Å²) in [5, 5.41) is 8.55. The quantitative estimate of drug-likeness (QED) is 0.604. The molecule has 0 spiro atoms. The van der Waals surface area contributed by atoms with E-state index in [0.717, 1.165) is 0 Å². The molecule has 0 bridgehead atoms. The topological polar surface area (TPSA) is 27.0 Å². The minimum atomic E-state index is -0.896. The van der Waals surface area contributed by atoms with E-state index in [1.807, 2.05) is 6.07 Å². The van der Waals surface area contributed by atoms with Crippen LogP contribution in [0.2, 0.25) is 0 Å². The molecule has 0 aromatic heterocycles. The van der Waals surface area contributed by atoms with Crippen LogP contribution in [0.5, 0.6) is 0 Å². The molecule has 1 aliphatic heterocycles. The van der Waals surface area contributed by atoms with Crippen LogP contribution in [-0.2, 0) is 0 Å². The zero-order valence-corrected chi connectivity index (χ0v) is 6.63. The van der Waals surface area contributed by atoms with Crippen LogP contribution in [0.4, 0.5) is 4.39 Å². The number of hydrogen-bond acceptors (Lipinski definition) is 2. The molecule has 0 radical (unpaired) electrons. The zero-order chi connectivity index (χ0) is 8.27. The second-order valence-corrected chi connectivity index (χ2v) is 2.70. The number of nitriles is 1. The van der Waals surface area contributed by atoms with Crippen molar-refractivity contribution in [1.29, 1.82) is 5.26 Å². The van der Waals surface area contributed by atoms with Crippen LogP contribution < -0.4 is 0 Å². The summed E-state index contributed by atoms with van der Waals surface area (Å²) < 4.78 is 12.7. The maximum atomic E-state index is 12.7. The monoisotopic (exact) mass is 174 g/mol. The second kappa shape index (κ2) is 3.59. The molecular weight excluding hydrogens is 167 g/mol. The Morgan fingerprint density at radius 3 is 3.00 bits per heavy atom. The van der Waals surface area contributed by atoms with Crippen LogP contribution >= 0.6 is 11.6 Å². The van der Waals surface area contributed by atoms with Gasteiger partial charge in [-0.1, -0.05) is 11.6 Å². The predicted octanol–water partition coefficient (Wildman–Crippen LogP) is 1.63. The van der Waals surface area contributed by atoms with Crippen LogP contribution in [0.1, 0.15) is 6.42 Å². The van der Waals surface area contributed by atoms with Gasteiger partial charge in [-0.25, -0.2) is 4.39 Å². The lowest BCUT2D eigenvalue weighted by molar-refractivity contribution is 0.331. The van der Waals surface area contributed by atoms with Crippen molar-refractivity contribution < 1.29 is 4.39 Å². The summed E-state index contributed by atoms with van der Waals surface area (Å²) in [7, 11) is 0. The van der Waals surface area contributed by atoms with E-state index in [2.05, 4.69) is 0 Å². The van der Waals surface area contributed by atoms with E-state index >= 15 is 0 Å². The average Bonchev–Trinajstić information content (AvgIpc) is 2.32. The fraction of sp³-hybridized carbons (Fsp3) is 0.571. The normalized spacial score (nSPS) is 31.2. The molecule has 2 nitrogen and oxygen atoms in total. The van der Waals surface area contributed by atoms with Crippen molar-refractivity contribution in [2.24, 2.45) is 0 Å². The first-order valence-corrected chi connectivity index (χ1v) is 3.78. The van der Waals surface area contributed by atoms with Crippen molar-refractivity contribution in [3.8, 4) is 6.07 Å². The minimum absolute atomic E-state index is 0.279. The summed E-state index contributed by atoms with van der Waals surface area (Å²) in [5.74, 6) is 0. The molecule has 1 saturated heterocycles. The van der Waals surface area contributed by atoms with Gasteiger partial charge in [0.05, 0.1) is 12.6 Å². The van der Waals surface area contributed by atoms with Gasteiger partial charge in [-0.2, -0.15) is 5.26 Å². The number of hydrogen-bond donors (Lipinski definition) is 0. The third kappa shape index (κ3) is 1.84. The Hall–Kier alpha value is -0.750. The Bertz CT molecular complexity index is 199. The summed E-state index contributed by atoms with van der Waals surface area (Å²) in [4.78, 5) is 1.61. The Morgan fingerprint density at radius 2 is 2.45 bits per heavy atom. The lowest BCUT2D eigenvalue weighted by Gasteiger charge is -2.14. The minimum Gasteiger partial charge on any atom is -0.358 e. The van der Waals surface area contributed by atoms with Crippen LogP contribution in [-0.4, -0.2) is 23.7 Å². The summed E-state index contributed by atoms with van der Waals surface area (Å²) >= 11 is 5.30. The van der Waals surface area contributed by atoms with E-state index in [9.17, 15) is 4.39 Å². The molecule has 4 heteroatoms. The van der Waals surface area contributed by atoms with Crippen LogP contribution in [0.3, 0.4) is 0 Å². The van der Waals surface area contributed by atoms with Gasteiger partial charge in [-0.05, 0) is 0 Å². The molecule has 60 valence electrons. The van der Waals surface area contributed by atoms with Crippen molar-refractivity contribution >= 4 is 11.6 Å². The SMILES string of the molecule is N#C[C@@H]1C[C@H](F)CN1C=CCl. The first kappa shape index (κ1) is 8.35. The molecule has 11 heavy (non-hydrogen) atoms. The largest absolute Gasteiger partial charge is 0.358 e. The van der Waals surface area contributed by atoms with Crippen molar-refractivity contribution in [2.75, 3.05) is 6.54 Å². The predicted molar refractivity (Wildman–Crippen MR) is 40.6 cm³/mol. The van der Waals surface area contributed by atoms with Crippen molar-refractivity contribution in [2.45, 2.75) is 18.6 Å². The molecule has 1 rings (SSSR count). The average molecular weight is 175 g/mol. The van der Waals surface area contributed by atoms with Crippen LogP contribution in [0.25, 0.3) is 0 Å². The summed E-state index contributed by atoms with van der Waals surface area (Å²) in [6, 6.07) is 1.66. The molecule has 1 heterocycles. The molecule has 1 fully saturated rings. The summed E-state index contributed by atoms with van der Waals surface area (Å²) in [6.07, 6.45) is 0.930. The van der Waals surface area contributed by atoms with Crippen molar-refractivity contribution in [1.82, 2.24) is 4.90 Å². The summed E-state index contributed by atoms with van der Waals surface area (Å²) in [5.41, 5.74) is 1.29. The van der Waals surface area contributed by atoms with Gasteiger partial charge in [0, 0.05) is 18.2 Å². The van der Waals surface area contributed by atoms with Gasteiger partial charge in [0.25, 0.3) is 0 Å². The number of alkyl halides is 1. The van der Waals surface area contributed by atoms with Gasteiger partial charge in [0.1, 0.15) is 12.2 Å². The molecule has 0 saturated carbocycles. The molecule has 0 amide bonds. The van der Waals surface area contributed by atoms with E-state index in [1.165, 1.54) is 11.7 Å². The highest BCUT2D eigenvalue weighted by molar-refractivity contribution is 6.25. The Balaban J connectivity index is 2.59. The third-order valence-corrected chi connectivity index (χ3v) is 1.80. The molecular formula is C7H8ClFN2. The van der Waals surface area contributed by atoms with Gasteiger partial charge in [0.2, 0.25) is 0 Å². The van der Waals surface area contributed by atoms with Gasteiger partial charge in [-0.15, -0.1) is 0 Å². The first-order chi connectivity index (χ1) is 5.27. The molecule has 0 aromatic carbocycles. The number of halogens is 2. The highest BCUT2D eigenvalue weighted by atomic mass is 35.5. The van der Waals surface area contributed by atoms with Crippen molar-refractivity contribution in [3.05, 3.63) is 11.7 Å². The van der Waals surface area contributed by atoms with E-state index in [0.29, 0.717) is 0 Å². The fourth-order valence-corrected chi connectivity index (χ4v) is 1.32. The molecule has 1 aliphatic rings. The van der Waals surface area contributed by atoms with Gasteiger partial charge in [0.15, 0.2) is 0 Å². The van der Waals surface area contributed by atoms with Crippen molar-refractivity contribution in [3.63, 3.8) is 0 Å². The maximum Gasteiger partial charge on any atom is 0.121 e. The highest BCUT2D eigenvalue weighted by Crippen LogP contribution is 2.19. The maximum absolute atomic E-state index is 12.7. The van der Waals surface area contributed by atoms with Gasteiger partial charge < -0.3 is 4.90 Å². The number of rotatable bonds is 1. The Labute approximate surface area is 69.9 Å². The Kier molecular flexibility index (Phi) is 2.72. The third-order valence-electron chi connectivity index (χ3n) is 1.69. The van der Waals surface area contributed by atoms with E-state index in [4.69, 9.17) is 16.9 Å². The standard InChI is InChI=1S/C7H8ClFN2/c8-1-2-11-5-6(9)3-7(11)4-10/h1-2,6-7H,3,5H2/t6-,7-/m0/s1. The summed E-state index contributed by atoms with van der Waals surface area (Å²) in [6.45, 7) is 0.279. The molecule has 0 aromatic rings. The van der Waals surface area contributed by atoms with Crippen LogP contribution in [0.15, 0.2) is 11.7 Å². The lowest BCUT2D eigenvalue weighted by atomic mass is 10.2. The molecule has 0 aliphatic carbocycles. The molecule has 2 atom stereocenters. The number of likely N-dealkylation sites (tertiary alicyclic amines) is 1.